The summed E-state index contributed by atoms with van der Waals surface area (Å²) < 4.78 is 10.8. The zero-order valence-corrected chi connectivity index (χ0v) is 18.0. The normalized spacial score (nSPS) is 14.9. The van der Waals surface area contributed by atoms with E-state index in [1.807, 2.05) is 43.0 Å². The summed E-state index contributed by atoms with van der Waals surface area (Å²) >= 11 is 0. The minimum absolute atomic E-state index is 0.0806. The summed E-state index contributed by atoms with van der Waals surface area (Å²) in [7, 11) is 0. The molecule has 2 amide bonds. The number of benzene rings is 2. The summed E-state index contributed by atoms with van der Waals surface area (Å²) in [6.07, 6.45) is 1.94. The summed E-state index contributed by atoms with van der Waals surface area (Å²) in [5, 5.41) is 2.94. The molecule has 0 spiro atoms. The molecule has 0 atom stereocenters. The molecule has 1 fully saturated rings. The van der Waals surface area contributed by atoms with Gasteiger partial charge in [0.05, 0.1) is 0 Å². The van der Waals surface area contributed by atoms with Crippen LogP contribution in [0.5, 0.6) is 11.5 Å². The lowest BCUT2D eigenvalue weighted by atomic mass is 9.92. The third-order valence-corrected chi connectivity index (χ3v) is 5.62. The van der Waals surface area contributed by atoms with E-state index in [1.54, 1.807) is 18.2 Å². The quantitative estimate of drug-likeness (QED) is 0.679. The Hall–Kier alpha value is -3.06. The van der Waals surface area contributed by atoms with E-state index >= 15 is 0 Å². The summed E-state index contributed by atoms with van der Waals surface area (Å²) in [6, 6.07) is 12.9. The molecule has 0 saturated heterocycles. The maximum atomic E-state index is 13.4. The molecule has 1 aliphatic heterocycles. The largest absolute Gasteiger partial charge is 0.454 e. The Labute approximate surface area is 182 Å². The number of carbonyl (C=O) groups is 2. The number of nitrogens with two attached hydrogens (primary N) is 1. The second-order valence-corrected chi connectivity index (χ2v) is 9.06. The van der Waals surface area contributed by atoms with Crippen molar-refractivity contribution in [1.82, 2.24) is 4.90 Å². The van der Waals surface area contributed by atoms with Gasteiger partial charge in [-0.3, -0.25) is 9.59 Å². The Kier molecular flexibility index (Phi) is 5.87. The first-order valence-electron chi connectivity index (χ1n) is 10.6. The lowest BCUT2D eigenvalue weighted by Crippen LogP contribution is -2.41. The van der Waals surface area contributed by atoms with Crippen LogP contribution in [-0.2, 0) is 11.3 Å². The van der Waals surface area contributed by atoms with Crippen molar-refractivity contribution in [2.45, 2.75) is 33.2 Å². The molecule has 0 unspecified atom stereocenters. The van der Waals surface area contributed by atoms with Crippen molar-refractivity contribution >= 4 is 17.5 Å². The molecule has 1 saturated carbocycles. The highest BCUT2D eigenvalue weighted by Gasteiger charge is 2.29. The van der Waals surface area contributed by atoms with Crippen molar-refractivity contribution in [2.24, 2.45) is 17.1 Å². The van der Waals surface area contributed by atoms with Crippen LogP contribution in [0.2, 0.25) is 0 Å². The van der Waals surface area contributed by atoms with Gasteiger partial charge in [-0.15, -0.1) is 0 Å². The zero-order chi connectivity index (χ0) is 22.0. The maximum absolute atomic E-state index is 13.4. The summed E-state index contributed by atoms with van der Waals surface area (Å²) in [5.74, 6) is 1.38. The third kappa shape index (κ3) is 5.17. The molecule has 1 heterocycles. The summed E-state index contributed by atoms with van der Waals surface area (Å²) in [4.78, 5) is 27.1. The van der Waals surface area contributed by atoms with Crippen molar-refractivity contribution in [1.29, 1.82) is 0 Å². The van der Waals surface area contributed by atoms with Gasteiger partial charge in [0.1, 0.15) is 0 Å². The van der Waals surface area contributed by atoms with Crippen molar-refractivity contribution in [3.8, 4) is 11.5 Å². The fraction of sp³-hybridized carbons (Fsp3) is 0.417. The number of anilines is 1. The minimum atomic E-state index is -0.232. The van der Waals surface area contributed by atoms with Crippen molar-refractivity contribution in [3.63, 3.8) is 0 Å². The van der Waals surface area contributed by atoms with E-state index in [0.29, 0.717) is 36.7 Å². The molecule has 1 aliphatic carbocycles. The van der Waals surface area contributed by atoms with E-state index in [9.17, 15) is 9.59 Å². The van der Waals surface area contributed by atoms with E-state index in [0.717, 1.165) is 24.1 Å². The molecule has 7 nitrogen and oxygen atoms in total. The highest BCUT2D eigenvalue weighted by atomic mass is 16.7. The number of hydrogen-bond acceptors (Lipinski definition) is 5. The zero-order valence-electron chi connectivity index (χ0n) is 18.0. The van der Waals surface area contributed by atoms with Crippen LogP contribution in [0.15, 0.2) is 42.5 Å². The first kappa shape index (κ1) is 21.2. The van der Waals surface area contributed by atoms with Gasteiger partial charge >= 0.3 is 0 Å². The molecule has 0 radical (unpaired) electrons. The summed E-state index contributed by atoms with van der Waals surface area (Å²) in [5.41, 5.74) is 8.01. The van der Waals surface area contributed by atoms with Crippen LogP contribution in [0.25, 0.3) is 0 Å². The molecule has 0 bridgehead atoms. The van der Waals surface area contributed by atoms with Gasteiger partial charge in [0.25, 0.3) is 5.91 Å². The first-order valence-corrected chi connectivity index (χ1v) is 10.6. The number of amides is 2. The van der Waals surface area contributed by atoms with Crippen molar-refractivity contribution in [3.05, 3.63) is 53.6 Å². The van der Waals surface area contributed by atoms with Gasteiger partial charge in [-0.2, -0.15) is 0 Å². The smallest absolute Gasteiger partial charge is 0.254 e. The SMILES string of the molecule is CC(C)(CN)CN(Cc1ccc(NC(=O)C2CC2)cc1)C(=O)c1ccc2c(c1)OCO2. The van der Waals surface area contributed by atoms with Crippen LogP contribution >= 0.6 is 0 Å². The molecular formula is C24H29N3O4. The topological polar surface area (TPSA) is 93.9 Å². The monoisotopic (exact) mass is 423 g/mol. The third-order valence-electron chi connectivity index (χ3n) is 5.62. The first-order chi connectivity index (χ1) is 14.8. The van der Waals surface area contributed by atoms with Gasteiger partial charge in [-0.1, -0.05) is 26.0 Å². The van der Waals surface area contributed by atoms with Crippen LogP contribution in [0.1, 0.15) is 42.6 Å². The highest BCUT2D eigenvalue weighted by molar-refractivity contribution is 5.95. The van der Waals surface area contributed by atoms with E-state index in [4.69, 9.17) is 15.2 Å². The van der Waals surface area contributed by atoms with Gasteiger partial charge in [0, 0.05) is 30.3 Å². The standard InChI is InChI=1S/C24H29N3O4/c1-24(2,13-25)14-27(23(29)18-7-10-20-21(11-18)31-15-30-20)12-16-3-8-19(9-4-16)26-22(28)17-5-6-17/h3-4,7-11,17H,5-6,12-15,25H2,1-2H3,(H,26,28). The second-order valence-electron chi connectivity index (χ2n) is 9.06. The number of rotatable bonds is 8. The number of nitrogens with zero attached hydrogens (tertiary/aromatic N) is 1. The molecule has 7 heteroatoms. The molecule has 2 aromatic carbocycles. The van der Waals surface area contributed by atoms with Crippen LogP contribution in [0.3, 0.4) is 0 Å². The Morgan fingerprint density at radius 1 is 1.10 bits per heavy atom. The average molecular weight is 424 g/mol. The second kappa shape index (κ2) is 8.59. The Morgan fingerprint density at radius 2 is 1.81 bits per heavy atom. The molecule has 31 heavy (non-hydrogen) atoms. The van der Waals surface area contributed by atoms with Crippen LogP contribution in [0, 0.1) is 11.3 Å². The van der Waals surface area contributed by atoms with Crippen LogP contribution < -0.4 is 20.5 Å². The van der Waals surface area contributed by atoms with Crippen molar-refractivity contribution < 1.29 is 19.1 Å². The van der Waals surface area contributed by atoms with Gasteiger partial charge in [0.15, 0.2) is 11.5 Å². The van der Waals surface area contributed by atoms with Crippen LogP contribution in [0.4, 0.5) is 5.69 Å². The number of fused-ring (bicyclic) bond motifs is 1. The summed E-state index contributed by atoms with van der Waals surface area (Å²) in [6.45, 7) is 5.67. The van der Waals surface area contributed by atoms with Gasteiger partial charge in [-0.25, -0.2) is 0 Å². The number of hydrogen-bond donors (Lipinski definition) is 2. The molecule has 2 aromatic rings. The van der Waals surface area contributed by atoms with Gasteiger partial charge in [0.2, 0.25) is 12.7 Å². The molecule has 3 N–H and O–H groups in total. The fourth-order valence-corrected chi connectivity index (χ4v) is 3.50. The van der Waals surface area contributed by atoms with Gasteiger partial charge < -0.3 is 25.4 Å². The minimum Gasteiger partial charge on any atom is -0.454 e. The average Bonchev–Trinajstić information content (AvgIpc) is 3.51. The number of ether oxygens (including phenoxy) is 2. The predicted molar refractivity (Wildman–Crippen MR) is 118 cm³/mol. The Bertz CT molecular complexity index is 967. The van der Waals surface area contributed by atoms with E-state index < -0.39 is 0 Å². The maximum Gasteiger partial charge on any atom is 0.254 e. The lowest BCUT2D eigenvalue weighted by Gasteiger charge is -2.32. The van der Waals surface area contributed by atoms with Crippen molar-refractivity contribution in [2.75, 3.05) is 25.2 Å². The lowest BCUT2D eigenvalue weighted by molar-refractivity contribution is -0.117. The van der Waals surface area contributed by atoms with E-state index in [-0.39, 0.29) is 29.9 Å². The highest BCUT2D eigenvalue weighted by Crippen LogP contribution is 2.33. The molecule has 2 aliphatic rings. The predicted octanol–water partition coefficient (Wildman–Crippen LogP) is 3.39. The Morgan fingerprint density at radius 3 is 2.48 bits per heavy atom. The van der Waals surface area contributed by atoms with E-state index in [1.165, 1.54) is 0 Å². The Balaban J connectivity index is 1.50. The van der Waals surface area contributed by atoms with Crippen LogP contribution in [-0.4, -0.2) is 36.6 Å². The van der Waals surface area contributed by atoms with Gasteiger partial charge in [-0.05, 0) is 60.7 Å². The molecule has 164 valence electrons. The fourth-order valence-electron chi connectivity index (χ4n) is 3.50. The van der Waals surface area contributed by atoms with E-state index in [2.05, 4.69) is 5.32 Å². The molecule has 0 aromatic heterocycles. The molecule has 4 rings (SSSR count). The number of carbonyl (C=O) groups excluding carboxylic acids is 2. The molecular weight excluding hydrogens is 394 g/mol. The number of nitrogens with one attached hydrogen (secondary N) is 1.